The molecule has 0 bridgehead atoms. The van der Waals surface area contributed by atoms with Gasteiger partial charge in [0.05, 0.1) is 15.7 Å². The van der Waals surface area contributed by atoms with E-state index >= 15 is 0 Å². The van der Waals surface area contributed by atoms with E-state index in [-0.39, 0.29) is 11.6 Å². The summed E-state index contributed by atoms with van der Waals surface area (Å²) < 4.78 is 0. The molecule has 2 unspecified atom stereocenters. The normalized spacial score (nSPS) is 15.3. The Morgan fingerprint density at radius 1 is 1.22 bits per heavy atom. The van der Waals surface area contributed by atoms with Crippen molar-refractivity contribution in [1.82, 2.24) is 0 Å². The number of nitro groups is 1. The minimum Gasteiger partial charge on any atom is -0.322 e. The summed E-state index contributed by atoms with van der Waals surface area (Å²) in [6.45, 7) is 4.00. The van der Waals surface area contributed by atoms with E-state index in [1.165, 1.54) is 52.2 Å². The van der Waals surface area contributed by atoms with E-state index < -0.39 is 16.1 Å². The second-order valence-electron chi connectivity index (χ2n) is 8.70. The quantitative estimate of drug-likeness (QED) is 0.223. The van der Waals surface area contributed by atoms with Crippen LogP contribution in [0.3, 0.4) is 0 Å². The number of carbonyl (C=O) groups excluding carboxylic acids is 2. The van der Waals surface area contributed by atoms with Crippen molar-refractivity contribution < 1.29 is 14.5 Å². The van der Waals surface area contributed by atoms with E-state index in [4.69, 9.17) is 0 Å². The zero-order valence-electron chi connectivity index (χ0n) is 19.7. The number of carbonyl (C=O) groups is 2. The third kappa shape index (κ3) is 5.75. The molecule has 184 valence electrons. The van der Waals surface area contributed by atoms with Crippen molar-refractivity contribution in [3.05, 3.63) is 80.2 Å². The van der Waals surface area contributed by atoms with Gasteiger partial charge in [0, 0.05) is 33.2 Å². The van der Waals surface area contributed by atoms with E-state index in [9.17, 15) is 25.0 Å². The number of nitro benzene ring substituents is 1. The molecule has 1 aliphatic carbocycles. The number of amides is 2. The Bertz CT molecular complexity index is 1360. The lowest BCUT2D eigenvalue weighted by atomic mass is 9.89. The molecule has 36 heavy (non-hydrogen) atoms. The molecule has 1 aliphatic rings. The van der Waals surface area contributed by atoms with Gasteiger partial charge in [0.25, 0.3) is 11.6 Å². The Balaban J connectivity index is 1.40. The molecular formula is C26H24N4O4S2. The predicted octanol–water partition coefficient (Wildman–Crippen LogP) is 6.02. The van der Waals surface area contributed by atoms with Gasteiger partial charge in [-0.3, -0.25) is 19.7 Å². The number of non-ortho nitro benzene ring substituents is 1. The largest absolute Gasteiger partial charge is 0.322 e. The Kier molecular flexibility index (Phi) is 7.72. The number of fused-ring (bicyclic) bond motifs is 1. The molecule has 0 aliphatic heterocycles. The Hall–Kier alpha value is -3.68. The van der Waals surface area contributed by atoms with Gasteiger partial charge in [0.2, 0.25) is 5.91 Å². The van der Waals surface area contributed by atoms with Gasteiger partial charge < -0.3 is 10.6 Å². The first-order valence-electron chi connectivity index (χ1n) is 11.4. The summed E-state index contributed by atoms with van der Waals surface area (Å²) >= 11 is 2.85. The Labute approximate surface area is 216 Å². The number of rotatable bonds is 7. The molecule has 2 atom stereocenters. The smallest absolute Gasteiger partial charge is 0.269 e. The first-order chi connectivity index (χ1) is 17.2. The first kappa shape index (κ1) is 25.4. The topological polar surface area (TPSA) is 125 Å². The number of thioether (sulfide) groups is 1. The fraction of sp³-hybridized carbons (Fsp3) is 0.269. The van der Waals surface area contributed by atoms with Crippen LogP contribution >= 0.6 is 23.1 Å². The summed E-state index contributed by atoms with van der Waals surface area (Å²) in [7, 11) is 0. The van der Waals surface area contributed by atoms with Crippen LogP contribution in [0.5, 0.6) is 0 Å². The zero-order valence-corrected chi connectivity index (χ0v) is 21.4. The molecule has 0 radical (unpaired) electrons. The highest BCUT2D eigenvalue weighted by atomic mass is 32.2. The third-order valence-corrected chi connectivity index (χ3v) is 8.24. The average molecular weight is 521 g/mol. The van der Waals surface area contributed by atoms with Crippen molar-refractivity contribution in [2.45, 2.75) is 43.3 Å². The maximum atomic E-state index is 12.9. The number of nitrogens with zero attached hydrogens (tertiary/aromatic N) is 2. The van der Waals surface area contributed by atoms with Crippen molar-refractivity contribution in [1.29, 1.82) is 5.26 Å². The summed E-state index contributed by atoms with van der Waals surface area (Å²) in [6.07, 6.45) is 2.86. The highest BCUT2D eigenvalue weighted by Crippen LogP contribution is 2.39. The second kappa shape index (κ2) is 10.9. The number of benzene rings is 2. The molecule has 1 heterocycles. The van der Waals surface area contributed by atoms with E-state index in [0.717, 1.165) is 29.7 Å². The van der Waals surface area contributed by atoms with Crippen LogP contribution in [-0.2, 0) is 17.6 Å². The third-order valence-electron chi connectivity index (χ3n) is 5.97. The SMILES string of the molecule is CC1CCc2c(sc(NC(=O)C(C)Sc3cccc(NC(=O)c4ccc([N+](=O)[O-])cc4)c3)c2C#N)C1. The van der Waals surface area contributed by atoms with Crippen molar-refractivity contribution in [3.63, 3.8) is 0 Å². The second-order valence-corrected chi connectivity index (χ2v) is 11.2. The van der Waals surface area contributed by atoms with Crippen molar-refractivity contribution in [3.8, 4) is 6.07 Å². The van der Waals surface area contributed by atoms with Crippen LogP contribution in [0.1, 0.15) is 46.6 Å². The predicted molar refractivity (Wildman–Crippen MR) is 142 cm³/mol. The minimum atomic E-state index is -0.520. The number of anilines is 2. The number of thiophene rings is 1. The Morgan fingerprint density at radius 2 is 1.97 bits per heavy atom. The van der Waals surface area contributed by atoms with Gasteiger partial charge >= 0.3 is 0 Å². The van der Waals surface area contributed by atoms with Crippen LogP contribution < -0.4 is 10.6 Å². The van der Waals surface area contributed by atoms with Crippen LogP contribution in [0.25, 0.3) is 0 Å². The van der Waals surface area contributed by atoms with E-state index in [1.807, 2.05) is 6.07 Å². The molecule has 3 aromatic rings. The summed E-state index contributed by atoms with van der Waals surface area (Å²) in [5.41, 5.74) is 2.42. The lowest BCUT2D eigenvalue weighted by Crippen LogP contribution is -2.22. The van der Waals surface area contributed by atoms with Crippen LogP contribution in [0.4, 0.5) is 16.4 Å². The van der Waals surface area contributed by atoms with Crippen molar-refractivity contribution >= 4 is 51.3 Å². The molecule has 10 heteroatoms. The number of nitrogens with one attached hydrogen (secondary N) is 2. The summed E-state index contributed by atoms with van der Waals surface area (Å²) in [5.74, 6) is -0.00443. The van der Waals surface area contributed by atoms with Gasteiger partial charge in [-0.2, -0.15) is 5.26 Å². The van der Waals surface area contributed by atoms with Crippen molar-refractivity contribution in [2.75, 3.05) is 10.6 Å². The van der Waals surface area contributed by atoms with Gasteiger partial charge in [-0.05, 0) is 68.0 Å². The maximum absolute atomic E-state index is 12.9. The summed E-state index contributed by atoms with van der Waals surface area (Å²) in [6, 6.07) is 14.8. The molecule has 2 N–H and O–H groups in total. The highest BCUT2D eigenvalue weighted by molar-refractivity contribution is 8.00. The van der Waals surface area contributed by atoms with Gasteiger partial charge in [-0.15, -0.1) is 23.1 Å². The van der Waals surface area contributed by atoms with Gasteiger partial charge in [0.15, 0.2) is 0 Å². The number of nitriles is 1. The van der Waals surface area contributed by atoms with E-state index in [1.54, 1.807) is 25.1 Å². The molecule has 4 rings (SSSR count). The monoisotopic (exact) mass is 520 g/mol. The molecule has 0 saturated heterocycles. The molecule has 0 spiro atoms. The van der Waals surface area contributed by atoms with Gasteiger partial charge in [-0.1, -0.05) is 13.0 Å². The molecule has 2 amide bonds. The standard InChI is InChI=1S/C26H24N4O4S2/c1-15-6-11-21-22(14-27)26(36-23(21)12-15)29-24(31)16(2)35-20-5-3-4-18(13-20)28-25(32)17-7-9-19(10-8-17)30(33)34/h3-5,7-10,13,15-16H,6,11-12H2,1-2H3,(H,28,32)(H,29,31). The molecule has 2 aromatic carbocycles. The van der Waals surface area contributed by atoms with Crippen LogP contribution in [0.2, 0.25) is 0 Å². The fourth-order valence-electron chi connectivity index (χ4n) is 4.01. The summed E-state index contributed by atoms with van der Waals surface area (Å²) in [4.78, 5) is 37.7. The summed E-state index contributed by atoms with van der Waals surface area (Å²) in [5, 5.41) is 26.4. The average Bonchev–Trinajstić information content (AvgIpc) is 3.19. The lowest BCUT2D eigenvalue weighted by Gasteiger charge is -2.17. The van der Waals surface area contributed by atoms with Crippen LogP contribution in [0, 0.1) is 27.4 Å². The minimum absolute atomic E-state index is 0.0867. The van der Waals surface area contributed by atoms with E-state index in [2.05, 4.69) is 23.6 Å². The van der Waals surface area contributed by atoms with Crippen molar-refractivity contribution in [2.24, 2.45) is 5.92 Å². The first-order valence-corrected chi connectivity index (χ1v) is 13.1. The zero-order chi connectivity index (χ0) is 25.8. The fourth-order valence-corrected chi connectivity index (χ4v) is 6.30. The lowest BCUT2D eigenvalue weighted by molar-refractivity contribution is -0.384. The Morgan fingerprint density at radius 3 is 2.67 bits per heavy atom. The van der Waals surface area contributed by atoms with E-state index in [0.29, 0.717) is 27.7 Å². The van der Waals surface area contributed by atoms with Gasteiger partial charge in [-0.25, -0.2) is 0 Å². The number of hydrogen-bond acceptors (Lipinski definition) is 7. The molecule has 0 fully saturated rings. The maximum Gasteiger partial charge on any atom is 0.269 e. The molecule has 1 aromatic heterocycles. The molecule has 8 nitrogen and oxygen atoms in total. The molecule has 0 saturated carbocycles. The van der Waals surface area contributed by atoms with Crippen LogP contribution in [-0.4, -0.2) is 22.0 Å². The van der Waals surface area contributed by atoms with Crippen LogP contribution in [0.15, 0.2) is 53.4 Å². The molecular weight excluding hydrogens is 496 g/mol. The number of hydrogen-bond donors (Lipinski definition) is 2. The van der Waals surface area contributed by atoms with Gasteiger partial charge in [0.1, 0.15) is 11.1 Å². The highest BCUT2D eigenvalue weighted by Gasteiger charge is 2.26.